The molecule has 0 aromatic rings. The minimum atomic E-state index is -5.39. The first kappa shape index (κ1) is 82.4. The smallest absolute Gasteiger partial charge is 0.870 e. The fraction of sp³-hybridized carbons (Fsp3) is 0. The van der Waals surface area contributed by atoms with Crippen molar-refractivity contribution in [1.29, 1.82) is 0 Å². The van der Waals surface area contributed by atoms with Crippen molar-refractivity contribution in [3.05, 3.63) is 0 Å². The van der Waals surface area contributed by atoms with Crippen LogP contribution in [0.4, 0.5) is 0 Å². The normalized spacial score (nSPS) is 7.38. The van der Waals surface area contributed by atoms with Crippen LogP contribution in [0, 0.1) is 0 Å². The molecule has 0 fully saturated rings. The largest absolute Gasteiger partial charge is 3.00 e. The minimum Gasteiger partial charge on any atom is -0.870 e. The molecule has 0 atom stereocenters. The molecule has 0 spiro atoms. The molecule has 7 N–H and O–H groups in total. The Morgan fingerprint density at radius 1 is 0.417 bits per heavy atom. The van der Waals surface area contributed by atoms with Crippen LogP contribution >= 0.6 is 23.5 Å². The predicted molar refractivity (Wildman–Crippen MR) is 47.4 cm³/mol. The Bertz CT molecular complexity index is 218. The van der Waals surface area contributed by atoms with Crippen molar-refractivity contribution in [2.24, 2.45) is 0 Å². The fourth-order valence-corrected chi connectivity index (χ4v) is 0. The van der Waals surface area contributed by atoms with Crippen LogP contribution in [0.25, 0.3) is 0 Å². The average molecular weight is 538 g/mol. The van der Waals surface area contributed by atoms with Crippen LogP contribution in [-0.4, -0.2) is 62.1 Å². The van der Waals surface area contributed by atoms with Crippen LogP contribution in [0.5, 0.6) is 0 Å². The van der Waals surface area contributed by atoms with Crippen molar-refractivity contribution in [3.63, 3.8) is 0 Å². The molecule has 17 nitrogen and oxygen atoms in total. The number of rotatable bonds is 0. The second-order valence-electron chi connectivity index (χ2n) is 1.34. The van der Waals surface area contributed by atoms with E-state index in [1.54, 1.807) is 0 Å². The molecule has 0 aliphatic carbocycles. The molecule has 2 radical (unpaired) electrons. The summed E-state index contributed by atoms with van der Waals surface area (Å²) in [7, 11) is -16.2. The molecular formula is H7Al2Fe2O17P3. The van der Waals surface area contributed by atoms with Gasteiger partial charge in [0.1, 0.15) is 0 Å². The summed E-state index contributed by atoms with van der Waals surface area (Å²) in [6.45, 7) is 0. The first-order valence-corrected chi connectivity index (χ1v) is 6.57. The molecular weight excluding hydrogens is 531 g/mol. The molecule has 0 saturated carbocycles. The number of hydrogen-bond acceptors (Lipinski definition) is 15. The van der Waals surface area contributed by atoms with E-state index in [4.69, 9.17) is 57.7 Å². The molecule has 0 heterocycles. The molecule has 0 amide bonds. The Hall–Kier alpha value is 2.23. The van der Waals surface area contributed by atoms with Gasteiger partial charge >= 0.3 is 68.9 Å². The van der Waals surface area contributed by atoms with Crippen molar-refractivity contribution in [3.8, 4) is 0 Å². The maximum absolute atomic E-state index is 8.55. The molecule has 146 valence electrons. The van der Waals surface area contributed by atoms with Crippen molar-refractivity contribution in [2.75, 3.05) is 0 Å². The monoisotopic (exact) mass is 538 g/mol. The van der Waals surface area contributed by atoms with E-state index in [0.717, 1.165) is 0 Å². The zero-order chi connectivity index (χ0) is 13.5. The van der Waals surface area contributed by atoms with Gasteiger partial charge in [0.15, 0.2) is 0 Å². The maximum atomic E-state index is 8.55. The Kier molecular flexibility index (Phi) is 124. The molecule has 24 heteroatoms. The van der Waals surface area contributed by atoms with Gasteiger partial charge in [0.05, 0.1) is 0 Å². The van der Waals surface area contributed by atoms with Crippen LogP contribution in [0.2, 0.25) is 0 Å². The third-order valence-corrected chi connectivity index (χ3v) is 0. The second kappa shape index (κ2) is 36.2. The second-order valence-corrected chi connectivity index (χ2v) is 4.02. The zero-order valence-electron chi connectivity index (χ0n) is 10.4. The van der Waals surface area contributed by atoms with Gasteiger partial charge in [-0.05, 0) is 0 Å². The van der Waals surface area contributed by atoms with Gasteiger partial charge in [-0.15, -0.1) is 0 Å². The van der Waals surface area contributed by atoms with Gasteiger partial charge in [-0.3, -0.25) is 0 Å². The van der Waals surface area contributed by atoms with Gasteiger partial charge in [0.25, 0.3) is 0 Å². The van der Waals surface area contributed by atoms with E-state index in [0.29, 0.717) is 0 Å². The third-order valence-electron chi connectivity index (χ3n) is 0. The van der Waals surface area contributed by atoms with Crippen LogP contribution in [0.1, 0.15) is 0 Å². The van der Waals surface area contributed by atoms with E-state index in [2.05, 4.69) is 0 Å². The summed E-state index contributed by atoms with van der Waals surface area (Å²) >= 11 is 0. The third kappa shape index (κ3) is 2620. The Labute approximate surface area is 177 Å². The summed E-state index contributed by atoms with van der Waals surface area (Å²) in [6, 6.07) is 0. The summed E-state index contributed by atoms with van der Waals surface area (Å²) < 4.78 is 25.6. The standard InChI is InChI=1S/2Al.2Fe.3H3O4P.5H2O/c;;;;3*1-5(2,3)4;;;;;/h;;;;3*(H3,1,2,3,4);5*1H2/q4*+3;;;;;;;;/p-12. The molecule has 0 aliphatic heterocycles. The summed E-state index contributed by atoms with van der Waals surface area (Å²) in [5.41, 5.74) is 0. The SMILES string of the molecule is O.O.O=P([O-])([O-])[O-].O=P([O-])([O-])[O-].O=P([O-])([O-])[O-].[Al+3].[Al+3].[Fe+3].[Fe+3].[OH-].[OH-].[OH-]. The van der Waals surface area contributed by atoms with Crippen LogP contribution < -0.4 is 44.0 Å². The Morgan fingerprint density at radius 3 is 0.417 bits per heavy atom. The maximum Gasteiger partial charge on any atom is 3.00 e. The molecule has 24 heavy (non-hydrogen) atoms. The summed E-state index contributed by atoms with van der Waals surface area (Å²) in [6.07, 6.45) is 0. The van der Waals surface area contributed by atoms with E-state index in [-0.39, 0.29) is 96.2 Å². The zero-order valence-corrected chi connectivity index (χ0v) is 17.6. The van der Waals surface area contributed by atoms with E-state index < -0.39 is 23.5 Å². The molecule has 0 aliphatic rings. The van der Waals surface area contributed by atoms with Gasteiger partial charge in [-0.25, -0.2) is 0 Å². The van der Waals surface area contributed by atoms with Gasteiger partial charge in [-0.1, -0.05) is 0 Å². The van der Waals surface area contributed by atoms with Crippen molar-refractivity contribution >= 4 is 58.2 Å². The molecule has 0 aromatic heterocycles. The Balaban J connectivity index is -0.00000000758. The first-order chi connectivity index (χ1) is 6.00. The van der Waals surface area contributed by atoms with E-state index in [1.807, 2.05) is 0 Å². The summed E-state index contributed by atoms with van der Waals surface area (Å²) in [5, 5.41) is 0. The van der Waals surface area contributed by atoms with Gasteiger partial charge in [0, 0.05) is 0 Å². The quantitative estimate of drug-likeness (QED) is 0.204. The van der Waals surface area contributed by atoms with Gasteiger partial charge in [0.2, 0.25) is 0 Å². The van der Waals surface area contributed by atoms with Gasteiger partial charge in [-0.2, -0.15) is 23.5 Å². The van der Waals surface area contributed by atoms with Crippen molar-refractivity contribution in [2.45, 2.75) is 0 Å². The summed E-state index contributed by atoms with van der Waals surface area (Å²) in [5.74, 6) is 0. The van der Waals surface area contributed by atoms with Crippen LogP contribution in [0.15, 0.2) is 0 Å². The van der Waals surface area contributed by atoms with E-state index in [1.165, 1.54) is 0 Å². The topological polar surface area (TPSA) is 412 Å². The minimum absolute atomic E-state index is 0. The fourth-order valence-electron chi connectivity index (χ4n) is 0. The molecule has 0 bridgehead atoms. The molecule has 0 unspecified atom stereocenters. The Morgan fingerprint density at radius 2 is 0.417 bits per heavy atom. The van der Waals surface area contributed by atoms with Crippen molar-refractivity contribution < 1.29 is 119 Å². The average Bonchev–Trinajstić information content (AvgIpc) is 1.41. The summed E-state index contributed by atoms with van der Waals surface area (Å²) in [4.78, 5) is 76.9. The molecule has 0 aromatic carbocycles. The van der Waals surface area contributed by atoms with Crippen molar-refractivity contribution in [1.82, 2.24) is 0 Å². The number of hydrogen-bond donors (Lipinski definition) is 0. The molecule has 0 rings (SSSR count). The van der Waals surface area contributed by atoms with Crippen LogP contribution in [-0.2, 0) is 47.8 Å². The van der Waals surface area contributed by atoms with Gasteiger partial charge < -0.3 is 85.1 Å². The number of phosphoric acid groups is 3. The predicted octanol–water partition coefficient (Wildman–Crippen LogP) is -11.4. The first-order valence-electron chi connectivity index (χ1n) is 2.19. The van der Waals surface area contributed by atoms with E-state index >= 15 is 0 Å². The molecule has 0 saturated heterocycles. The van der Waals surface area contributed by atoms with Crippen LogP contribution in [0.3, 0.4) is 0 Å². The van der Waals surface area contributed by atoms with E-state index in [9.17, 15) is 0 Å².